The molecule has 4 N–H and O–H groups in total. The molecule has 0 spiro atoms. The van der Waals surface area contributed by atoms with Gasteiger partial charge in [-0.15, -0.1) is 0 Å². The molecule has 0 aliphatic carbocycles. The number of fused-ring (bicyclic) bond motifs is 1. The SMILES string of the molecule is CCNc1cc(O[C@@H]2CO[C@H]3[C@@H]2OC[C@H]3O)ccc1N. The Morgan fingerprint density at radius 2 is 2.15 bits per heavy atom. The Hall–Kier alpha value is -1.50. The highest BCUT2D eigenvalue weighted by atomic mass is 16.6. The topological polar surface area (TPSA) is 86.0 Å². The average Bonchev–Trinajstić information content (AvgIpc) is 2.99. The molecule has 110 valence electrons. The third kappa shape index (κ3) is 2.42. The summed E-state index contributed by atoms with van der Waals surface area (Å²) in [7, 11) is 0. The quantitative estimate of drug-likeness (QED) is 0.701. The molecule has 2 heterocycles. The van der Waals surface area contributed by atoms with Gasteiger partial charge in [-0.05, 0) is 19.1 Å². The Kier molecular flexibility index (Phi) is 3.69. The average molecular weight is 280 g/mol. The normalized spacial score (nSPS) is 32.1. The van der Waals surface area contributed by atoms with E-state index in [-0.39, 0.29) is 18.3 Å². The van der Waals surface area contributed by atoms with Crippen LogP contribution >= 0.6 is 0 Å². The fraction of sp³-hybridized carbons (Fsp3) is 0.571. The highest BCUT2D eigenvalue weighted by molar-refractivity contribution is 5.68. The van der Waals surface area contributed by atoms with Gasteiger partial charge in [-0.1, -0.05) is 0 Å². The molecular weight excluding hydrogens is 260 g/mol. The predicted octanol–water partition coefficient (Wildman–Crippen LogP) is 0.606. The van der Waals surface area contributed by atoms with Gasteiger partial charge in [0.05, 0.1) is 24.6 Å². The maximum atomic E-state index is 9.70. The number of hydrogen-bond donors (Lipinski definition) is 3. The van der Waals surface area contributed by atoms with Crippen LogP contribution in [0.15, 0.2) is 18.2 Å². The first-order chi connectivity index (χ1) is 9.69. The zero-order valence-electron chi connectivity index (χ0n) is 11.4. The van der Waals surface area contributed by atoms with Gasteiger partial charge < -0.3 is 30.4 Å². The number of rotatable bonds is 4. The van der Waals surface area contributed by atoms with E-state index in [0.717, 1.165) is 18.0 Å². The number of nitrogen functional groups attached to an aromatic ring is 1. The third-order valence-electron chi connectivity index (χ3n) is 3.66. The molecule has 20 heavy (non-hydrogen) atoms. The zero-order valence-corrected chi connectivity index (χ0v) is 11.4. The molecule has 4 atom stereocenters. The van der Waals surface area contributed by atoms with Crippen LogP contribution in [-0.2, 0) is 9.47 Å². The van der Waals surface area contributed by atoms with Gasteiger partial charge in [-0.3, -0.25) is 0 Å². The fourth-order valence-electron chi connectivity index (χ4n) is 2.67. The lowest BCUT2D eigenvalue weighted by Crippen LogP contribution is -2.34. The molecule has 2 aliphatic heterocycles. The van der Waals surface area contributed by atoms with Gasteiger partial charge >= 0.3 is 0 Å². The number of nitrogens with two attached hydrogens (primary N) is 1. The number of nitrogens with one attached hydrogen (secondary N) is 1. The molecule has 6 heteroatoms. The molecule has 2 saturated heterocycles. The van der Waals surface area contributed by atoms with Crippen molar-refractivity contribution in [3.8, 4) is 5.75 Å². The first-order valence-electron chi connectivity index (χ1n) is 6.90. The van der Waals surface area contributed by atoms with Crippen LogP contribution in [0.25, 0.3) is 0 Å². The van der Waals surface area contributed by atoms with Crippen molar-refractivity contribution in [2.75, 3.05) is 30.8 Å². The van der Waals surface area contributed by atoms with Crippen molar-refractivity contribution in [1.82, 2.24) is 0 Å². The summed E-state index contributed by atoms with van der Waals surface area (Å²) in [6.07, 6.45) is -1.24. The standard InChI is InChI=1S/C14H20N2O4/c1-2-16-10-5-8(3-4-9(10)15)20-12-7-19-13-11(17)6-18-14(12)13/h3-5,11-14,16-17H,2,6-7,15H2,1H3/t11-,12-,13-,14-/m1/s1. The largest absolute Gasteiger partial charge is 0.485 e. The fourth-order valence-corrected chi connectivity index (χ4v) is 2.67. The molecule has 1 aromatic rings. The van der Waals surface area contributed by atoms with Crippen molar-refractivity contribution in [2.45, 2.75) is 31.3 Å². The van der Waals surface area contributed by atoms with Crippen LogP contribution in [0.4, 0.5) is 11.4 Å². The van der Waals surface area contributed by atoms with Crippen molar-refractivity contribution in [1.29, 1.82) is 0 Å². The Morgan fingerprint density at radius 3 is 2.95 bits per heavy atom. The number of aliphatic hydroxyl groups is 1. The van der Waals surface area contributed by atoms with Gasteiger partial charge in [-0.25, -0.2) is 0 Å². The molecule has 0 radical (unpaired) electrons. The Morgan fingerprint density at radius 1 is 1.35 bits per heavy atom. The summed E-state index contributed by atoms with van der Waals surface area (Å²) in [5.74, 6) is 0.717. The van der Waals surface area contributed by atoms with E-state index in [9.17, 15) is 5.11 Å². The Balaban J connectivity index is 1.70. The molecule has 3 rings (SSSR count). The maximum Gasteiger partial charge on any atom is 0.151 e. The predicted molar refractivity (Wildman–Crippen MR) is 74.9 cm³/mol. The van der Waals surface area contributed by atoms with Gasteiger partial charge in [0.2, 0.25) is 0 Å². The highest BCUT2D eigenvalue weighted by Crippen LogP contribution is 2.31. The second-order valence-electron chi connectivity index (χ2n) is 5.10. The molecule has 0 unspecified atom stereocenters. The number of ether oxygens (including phenoxy) is 3. The van der Waals surface area contributed by atoms with Crippen molar-refractivity contribution in [2.24, 2.45) is 0 Å². The lowest BCUT2D eigenvalue weighted by molar-refractivity contribution is 0.00864. The van der Waals surface area contributed by atoms with Crippen LogP contribution in [0.5, 0.6) is 5.75 Å². The summed E-state index contributed by atoms with van der Waals surface area (Å²) in [5, 5.41) is 12.9. The maximum absolute atomic E-state index is 9.70. The van der Waals surface area contributed by atoms with E-state index in [2.05, 4.69) is 5.32 Å². The van der Waals surface area contributed by atoms with Crippen LogP contribution in [0.2, 0.25) is 0 Å². The molecule has 2 fully saturated rings. The van der Waals surface area contributed by atoms with Crippen molar-refractivity contribution in [3.63, 3.8) is 0 Å². The number of anilines is 2. The van der Waals surface area contributed by atoms with Crippen LogP contribution in [0.1, 0.15) is 6.92 Å². The molecular formula is C14H20N2O4. The van der Waals surface area contributed by atoms with E-state index in [4.69, 9.17) is 19.9 Å². The van der Waals surface area contributed by atoms with Crippen molar-refractivity contribution in [3.05, 3.63) is 18.2 Å². The summed E-state index contributed by atoms with van der Waals surface area (Å²) in [6, 6.07) is 5.51. The Bertz CT molecular complexity index is 482. The first-order valence-corrected chi connectivity index (χ1v) is 6.90. The lowest BCUT2D eigenvalue weighted by Gasteiger charge is -2.19. The second-order valence-corrected chi connectivity index (χ2v) is 5.10. The lowest BCUT2D eigenvalue weighted by atomic mass is 10.1. The third-order valence-corrected chi connectivity index (χ3v) is 3.66. The highest BCUT2D eigenvalue weighted by Gasteiger charge is 2.48. The number of hydrogen-bond acceptors (Lipinski definition) is 6. The molecule has 0 amide bonds. The summed E-state index contributed by atoms with van der Waals surface area (Å²) in [4.78, 5) is 0. The van der Waals surface area contributed by atoms with E-state index in [1.807, 2.05) is 25.1 Å². The summed E-state index contributed by atoms with van der Waals surface area (Å²) in [5.41, 5.74) is 7.43. The van der Waals surface area contributed by atoms with Crippen LogP contribution < -0.4 is 15.8 Å². The molecule has 0 saturated carbocycles. The van der Waals surface area contributed by atoms with Gasteiger partial charge in [0.15, 0.2) is 6.10 Å². The van der Waals surface area contributed by atoms with E-state index in [1.54, 1.807) is 0 Å². The van der Waals surface area contributed by atoms with Crippen molar-refractivity contribution >= 4 is 11.4 Å². The number of benzene rings is 1. The summed E-state index contributed by atoms with van der Waals surface area (Å²) >= 11 is 0. The minimum atomic E-state index is -0.558. The van der Waals surface area contributed by atoms with Crippen molar-refractivity contribution < 1.29 is 19.3 Å². The number of aliphatic hydroxyl groups excluding tert-OH is 1. The monoisotopic (exact) mass is 280 g/mol. The molecule has 0 bridgehead atoms. The van der Waals surface area contributed by atoms with E-state index in [0.29, 0.717) is 18.9 Å². The summed E-state index contributed by atoms with van der Waals surface area (Å²) < 4.78 is 17.0. The van der Waals surface area contributed by atoms with Crippen LogP contribution in [-0.4, -0.2) is 49.3 Å². The van der Waals surface area contributed by atoms with E-state index < -0.39 is 6.10 Å². The minimum absolute atomic E-state index is 0.199. The smallest absolute Gasteiger partial charge is 0.151 e. The molecule has 0 aromatic heterocycles. The van der Waals surface area contributed by atoms with Gasteiger partial charge in [-0.2, -0.15) is 0 Å². The second kappa shape index (κ2) is 5.47. The molecule has 2 aliphatic rings. The van der Waals surface area contributed by atoms with E-state index >= 15 is 0 Å². The van der Waals surface area contributed by atoms with Gasteiger partial charge in [0.25, 0.3) is 0 Å². The molecule has 6 nitrogen and oxygen atoms in total. The zero-order chi connectivity index (χ0) is 14.1. The minimum Gasteiger partial charge on any atom is -0.485 e. The Labute approximate surface area is 117 Å². The van der Waals surface area contributed by atoms with E-state index in [1.165, 1.54) is 0 Å². The van der Waals surface area contributed by atoms with Crippen LogP contribution in [0.3, 0.4) is 0 Å². The van der Waals surface area contributed by atoms with Crippen LogP contribution in [0, 0.1) is 0 Å². The summed E-state index contributed by atoms with van der Waals surface area (Å²) in [6.45, 7) is 3.53. The van der Waals surface area contributed by atoms with Gasteiger partial charge in [0, 0.05) is 12.6 Å². The van der Waals surface area contributed by atoms with Gasteiger partial charge in [0.1, 0.15) is 24.1 Å². The first kappa shape index (κ1) is 13.5. The molecule has 1 aromatic carbocycles.